The maximum absolute atomic E-state index is 9.35. The lowest BCUT2D eigenvalue weighted by Gasteiger charge is -2.26. The first-order valence-corrected chi connectivity index (χ1v) is 3.27. The van der Waals surface area contributed by atoms with E-state index in [1.165, 1.54) is 0 Å². The van der Waals surface area contributed by atoms with Gasteiger partial charge in [-0.15, -0.1) is 0 Å². The van der Waals surface area contributed by atoms with Crippen LogP contribution in [0.4, 0.5) is 0 Å². The molecular formula is C7H16O2. The lowest BCUT2D eigenvalue weighted by atomic mass is 10.00. The highest BCUT2D eigenvalue weighted by Gasteiger charge is 2.24. The molecule has 0 radical (unpaired) electrons. The molecule has 0 aromatic carbocycles. The monoisotopic (exact) mass is 132 g/mol. The summed E-state index contributed by atoms with van der Waals surface area (Å²) < 4.78 is 5.01. The van der Waals surface area contributed by atoms with E-state index in [9.17, 15) is 5.11 Å². The van der Waals surface area contributed by atoms with Crippen LogP contribution < -0.4 is 0 Å². The van der Waals surface area contributed by atoms with Crippen LogP contribution in [0, 0.1) is 0 Å². The molecule has 2 heteroatoms. The first-order chi connectivity index (χ1) is 4.02. The molecule has 0 bridgehead atoms. The maximum Gasteiger partial charge on any atom is 0.0852 e. The molecule has 0 aliphatic heterocycles. The van der Waals surface area contributed by atoms with Crippen LogP contribution in [0.25, 0.3) is 0 Å². The molecule has 0 amide bonds. The van der Waals surface area contributed by atoms with E-state index in [4.69, 9.17) is 4.74 Å². The summed E-state index contributed by atoms with van der Waals surface area (Å²) in [6, 6.07) is 0. The minimum absolute atomic E-state index is 0.0440. The zero-order chi connectivity index (χ0) is 7.49. The first kappa shape index (κ1) is 8.92. The smallest absolute Gasteiger partial charge is 0.0852 e. The summed E-state index contributed by atoms with van der Waals surface area (Å²) >= 11 is 0. The van der Waals surface area contributed by atoms with Crippen LogP contribution in [0.5, 0.6) is 0 Å². The fraction of sp³-hybridized carbons (Fsp3) is 1.00. The highest BCUT2D eigenvalue weighted by molar-refractivity contribution is 4.75. The molecule has 0 saturated heterocycles. The second-order valence-corrected chi connectivity index (χ2v) is 2.79. The van der Waals surface area contributed by atoms with Crippen LogP contribution >= 0.6 is 0 Å². The second kappa shape index (κ2) is 3.18. The molecule has 2 nitrogen and oxygen atoms in total. The van der Waals surface area contributed by atoms with E-state index < -0.39 is 5.60 Å². The van der Waals surface area contributed by atoms with Crippen molar-refractivity contribution in [1.29, 1.82) is 0 Å². The molecule has 1 N–H and O–H groups in total. The third-order valence-electron chi connectivity index (χ3n) is 1.44. The van der Waals surface area contributed by atoms with E-state index in [0.717, 1.165) is 6.42 Å². The molecule has 0 aliphatic carbocycles. The highest BCUT2D eigenvalue weighted by atomic mass is 16.5. The van der Waals surface area contributed by atoms with Gasteiger partial charge in [0.15, 0.2) is 0 Å². The molecule has 0 heterocycles. The molecule has 0 fully saturated rings. The van der Waals surface area contributed by atoms with Gasteiger partial charge in [-0.05, 0) is 20.3 Å². The summed E-state index contributed by atoms with van der Waals surface area (Å²) in [5, 5.41) is 9.35. The number of ether oxygens (including phenoxy) is 1. The zero-order valence-corrected chi connectivity index (χ0v) is 6.64. The summed E-state index contributed by atoms with van der Waals surface area (Å²) in [6.45, 7) is 5.50. The van der Waals surface area contributed by atoms with Crippen molar-refractivity contribution in [1.82, 2.24) is 0 Å². The third-order valence-corrected chi connectivity index (χ3v) is 1.44. The SMILES string of the molecule is CC[C@@H](OC)C(C)(C)O. The topological polar surface area (TPSA) is 29.5 Å². The fourth-order valence-electron chi connectivity index (χ4n) is 0.955. The molecule has 0 spiro atoms. The van der Waals surface area contributed by atoms with Crippen LogP contribution in [0.3, 0.4) is 0 Å². The zero-order valence-electron chi connectivity index (χ0n) is 6.64. The average molecular weight is 132 g/mol. The van der Waals surface area contributed by atoms with Crippen molar-refractivity contribution in [2.45, 2.75) is 38.9 Å². The van der Waals surface area contributed by atoms with Crippen molar-refractivity contribution in [3.8, 4) is 0 Å². The Kier molecular flexibility index (Phi) is 3.15. The van der Waals surface area contributed by atoms with Crippen LogP contribution in [-0.2, 0) is 4.74 Å². The Balaban J connectivity index is 3.79. The summed E-state index contributed by atoms with van der Waals surface area (Å²) in [4.78, 5) is 0. The summed E-state index contributed by atoms with van der Waals surface area (Å²) in [5.74, 6) is 0. The van der Waals surface area contributed by atoms with Crippen molar-refractivity contribution < 1.29 is 9.84 Å². The third kappa shape index (κ3) is 2.82. The molecule has 0 aromatic heterocycles. The fourth-order valence-corrected chi connectivity index (χ4v) is 0.955. The Morgan fingerprint density at radius 3 is 2.00 bits per heavy atom. The maximum atomic E-state index is 9.35. The van der Waals surface area contributed by atoms with Gasteiger partial charge in [0.25, 0.3) is 0 Å². The Labute approximate surface area is 56.8 Å². The Bertz CT molecular complexity index is 69.5. The normalized spacial score (nSPS) is 15.7. The van der Waals surface area contributed by atoms with Crippen molar-refractivity contribution in [2.24, 2.45) is 0 Å². The molecule has 56 valence electrons. The second-order valence-electron chi connectivity index (χ2n) is 2.79. The summed E-state index contributed by atoms with van der Waals surface area (Å²) in [7, 11) is 1.62. The van der Waals surface area contributed by atoms with Crippen molar-refractivity contribution >= 4 is 0 Å². The Morgan fingerprint density at radius 1 is 1.56 bits per heavy atom. The van der Waals surface area contributed by atoms with Gasteiger partial charge in [0.1, 0.15) is 0 Å². The van der Waals surface area contributed by atoms with Gasteiger partial charge in [0.2, 0.25) is 0 Å². The number of rotatable bonds is 3. The van der Waals surface area contributed by atoms with E-state index in [1.807, 2.05) is 6.92 Å². The predicted molar refractivity (Wildman–Crippen MR) is 37.4 cm³/mol. The van der Waals surface area contributed by atoms with Gasteiger partial charge in [-0.25, -0.2) is 0 Å². The van der Waals surface area contributed by atoms with Gasteiger partial charge in [-0.1, -0.05) is 6.92 Å². The molecule has 0 aromatic rings. The van der Waals surface area contributed by atoms with E-state index in [1.54, 1.807) is 21.0 Å². The summed E-state index contributed by atoms with van der Waals surface area (Å²) in [6.07, 6.45) is 0.803. The molecule has 0 aliphatic rings. The molecule has 9 heavy (non-hydrogen) atoms. The summed E-state index contributed by atoms with van der Waals surface area (Å²) in [5.41, 5.74) is -0.705. The van der Waals surface area contributed by atoms with Crippen LogP contribution in [-0.4, -0.2) is 23.9 Å². The van der Waals surface area contributed by atoms with Crippen LogP contribution in [0.15, 0.2) is 0 Å². The van der Waals surface area contributed by atoms with E-state index >= 15 is 0 Å². The first-order valence-electron chi connectivity index (χ1n) is 3.27. The Morgan fingerprint density at radius 2 is 2.00 bits per heavy atom. The molecule has 0 saturated carbocycles. The van der Waals surface area contributed by atoms with Gasteiger partial charge in [-0.3, -0.25) is 0 Å². The van der Waals surface area contributed by atoms with Gasteiger partial charge >= 0.3 is 0 Å². The lowest BCUT2D eigenvalue weighted by Crippen LogP contribution is -2.36. The van der Waals surface area contributed by atoms with Gasteiger partial charge < -0.3 is 9.84 Å². The predicted octanol–water partition coefficient (Wildman–Crippen LogP) is 1.18. The molecular weight excluding hydrogens is 116 g/mol. The van der Waals surface area contributed by atoms with E-state index in [0.29, 0.717) is 0 Å². The largest absolute Gasteiger partial charge is 0.388 e. The van der Waals surface area contributed by atoms with Crippen molar-refractivity contribution in [3.05, 3.63) is 0 Å². The van der Waals surface area contributed by atoms with Crippen LogP contribution in [0.1, 0.15) is 27.2 Å². The number of hydrogen-bond acceptors (Lipinski definition) is 2. The van der Waals surface area contributed by atoms with Crippen LogP contribution in [0.2, 0.25) is 0 Å². The van der Waals surface area contributed by atoms with Crippen molar-refractivity contribution in [2.75, 3.05) is 7.11 Å². The standard InChI is InChI=1S/C7H16O2/c1-5-6(9-4)7(2,3)8/h6,8H,5H2,1-4H3/t6-/m1/s1. The number of methoxy groups -OCH3 is 1. The molecule has 0 unspecified atom stereocenters. The molecule has 1 atom stereocenters. The molecule has 0 rings (SSSR count). The number of hydrogen-bond donors (Lipinski definition) is 1. The highest BCUT2D eigenvalue weighted by Crippen LogP contribution is 2.13. The Hall–Kier alpha value is -0.0800. The van der Waals surface area contributed by atoms with Crippen molar-refractivity contribution in [3.63, 3.8) is 0 Å². The number of aliphatic hydroxyl groups is 1. The minimum Gasteiger partial charge on any atom is -0.388 e. The van der Waals surface area contributed by atoms with Gasteiger partial charge in [0, 0.05) is 7.11 Å². The van der Waals surface area contributed by atoms with Gasteiger partial charge in [-0.2, -0.15) is 0 Å². The quantitative estimate of drug-likeness (QED) is 0.625. The van der Waals surface area contributed by atoms with E-state index in [-0.39, 0.29) is 6.10 Å². The van der Waals surface area contributed by atoms with E-state index in [2.05, 4.69) is 0 Å². The minimum atomic E-state index is -0.705. The lowest BCUT2D eigenvalue weighted by molar-refractivity contribution is -0.0707. The average Bonchev–Trinajstić information content (AvgIpc) is 1.65. The van der Waals surface area contributed by atoms with Gasteiger partial charge in [0.05, 0.1) is 11.7 Å².